The molecule has 5 rings (SSSR count). The van der Waals surface area contributed by atoms with Crippen molar-refractivity contribution in [1.29, 1.82) is 0 Å². The number of nitrogens with zero attached hydrogens (tertiary/aromatic N) is 7. The molecule has 3 aromatic heterocycles. The molecule has 1 unspecified atom stereocenters. The Bertz CT molecular complexity index is 1470. The smallest absolute Gasteiger partial charge is 0.407 e. The van der Waals surface area contributed by atoms with Gasteiger partial charge in [0.25, 0.3) is 0 Å². The molecule has 1 atom stereocenters. The van der Waals surface area contributed by atoms with Crippen molar-refractivity contribution in [3.05, 3.63) is 66.4 Å². The zero-order chi connectivity index (χ0) is 27.7. The van der Waals surface area contributed by atoms with Gasteiger partial charge in [0.1, 0.15) is 11.6 Å². The lowest BCUT2D eigenvalue weighted by Gasteiger charge is -2.45. The third-order valence-corrected chi connectivity index (χ3v) is 6.89. The van der Waals surface area contributed by atoms with Crippen molar-refractivity contribution in [2.24, 2.45) is 5.41 Å². The third kappa shape index (κ3) is 5.59. The van der Waals surface area contributed by atoms with Crippen molar-refractivity contribution in [3.8, 4) is 16.9 Å². The van der Waals surface area contributed by atoms with E-state index in [4.69, 9.17) is 0 Å². The van der Waals surface area contributed by atoms with Crippen molar-refractivity contribution >= 4 is 17.7 Å². The van der Waals surface area contributed by atoms with Gasteiger partial charge in [-0.1, -0.05) is 39.0 Å². The number of carboxylic acid groups (broad SMARTS) is 1. The maximum Gasteiger partial charge on any atom is 0.407 e. The lowest BCUT2D eigenvalue weighted by Crippen LogP contribution is -2.59. The summed E-state index contributed by atoms with van der Waals surface area (Å²) in [5, 5.41) is 18.1. The Labute approximate surface area is 223 Å². The molecule has 1 aliphatic heterocycles. The van der Waals surface area contributed by atoms with Crippen LogP contribution in [-0.4, -0.2) is 73.0 Å². The van der Waals surface area contributed by atoms with Gasteiger partial charge >= 0.3 is 12.7 Å². The minimum atomic E-state index is -2.92. The van der Waals surface area contributed by atoms with Crippen LogP contribution in [0.3, 0.4) is 0 Å². The summed E-state index contributed by atoms with van der Waals surface area (Å²) in [6, 6.07) is 10.1. The Kier molecular flexibility index (Phi) is 7.02. The summed E-state index contributed by atoms with van der Waals surface area (Å²) in [5.41, 5.74) is 2.55. The fraction of sp³-hybridized carbons (Fsp3) is 0.370. The van der Waals surface area contributed by atoms with Crippen LogP contribution >= 0.6 is 0 Å². The lowest BCUT2D eigenvalue weighted by molar-refractivity contribution is -0.0504. The average molecular weight is 538 g/mol. The minimum absolute atomic E-state index is 0.0993. The van der Waals surface area contributed by atoms with Gasteiger partial charge in [0.2, 0.25) is 5.95 Å². The third-order valence-electron chi connectivity index (χ3n) is 6.89. The number of aromatic nitrogens is 5. The van der Waals surface area contributed by atoms with E-state index in [1.165, 1.54) is 11.0 Å². The highest BCUT2D eigenvalue weighted by Crippen LogP contribution is 2.30. The topological polar surface area (TPSA) is 109 Å². The van der Waals surface area contributed by atoms with Crippen LogP contribution in [0.15, 0.2) is 55.0 Å². The fourth-order valence-electron chi connectivity index (χ4n) is 4.83. The van der Waals surface area contributed by atoms with E-state index in [1.54, 1.807) is 35.0 Å². The molecule has 12 heteroatoms. The highest BCUT2D eigenvalue weighted by molar-refractivity contribution is 5.66. The number of anilines is 1. The number of hydrogen-bond donors (Lipinski definition) is 1. The number of fused-ring (bicyclic) bond motifs is 1. The Morgan fingerprint density at radius 2 is 1.82 bits per heavy atom. The van der Waals surface area contributed by atoms with E-state index < -0.39 is 12.7 Å². The number of carbonyl (C=O) groups is 1. The second-order valence-electron chi connectivity index (χ2n) is 10.5. The summed E-state index contributed by atoms with van der Waals surface area (Å²) in [6.45, 7) is 4.55. The van der Waals surface area contributed by atoms with Gasteiger partial charge in [-0.25, -0.2) is 14.8 Å². The number of alkyl halides is 2. The van der Waals surface area contributed by atoms with E-state index in [9.17, 15) is 18.7 Å². The van der Waals surface area contributed by atoms with Crippen LogP contribution in [0, 0.1) is 5.41 Å². The maximum absolute atomic E-state index is 12.8. The maximum atomic E-state index is 12.8. The highest BCUT2D eigenvalue weighted by Gasteiger charge is 2.38. The molecule has 204 valence electrons. The van der Waals surface area contributed by atoms with Gasteiger partial charge in [0, 0.05) is 61.3 Å². The molecule has 0 spiro atoms. The van der Waals surface area contributed by atoms with E-state index >= 15 is 0 Å². The number of benzene rings is 1. The van der Waals surface area contributed by atoms with E-state index in [0.29, 0.717) is 42.6 Å². The Hall–Kier alpha value is -4.35. The predicted molar refractivity (Wildman–Crippen MR) is 140 cm³/mol. The van der Waals surface area contributed by atoms with Crippen molar-refractivity contribution in [2.75, 3.05) is 24.5 Å². The molecule has 0 radical (unpaired) electrons. The van der Waals surface area contributed by atoms with E-state index in [2.05, 4.69) is 24.9 Å². The molecule has 39 heavy (non-hydrogen) atoms. The van der Waals surface area contributed by atoms with Gasteiger partial charge in [-0.3, -0.25) is 4.40 Å². The Morgan fingerprint density at radius 1 is 1.08 bits per heavy atom. The molecule has 1 aromatic carbocycles. The van der Waals surface area contributed by atoms with Crippen molar-refractivity contribution < 1.29 is 23.4 Å². The van der Waals surface area contributed by atoms with Gasteiger partial charge in [0.15, 0.2) is 5.65 Å². The van der Waals surface area contributed by atoms with Gasteiger partial charge in [-0.2, -0.15) is 8.78 Å². The summed E-state index contributed by atoms with van der Waals surface area (Å²) >= 11 is 0. The van der Waals surface area contributed by atoms with Crippen molar-refractivity contribution in [3.63, 3.8) is 0 Å². The number of rotatable bonds is 6. The predicted octanol–water partition coefficient (Wildman–Crippen LogP) is 4.59. The molecule has 1 N–H and O–H groups in total. The zero-order valence-electron chi connectivity index (χ0n) is 21.8. The average Bonchev–Trinajstić information content (AvgIpc) is 3.30. The van der Waals surface area contributed by atoms with Crippen LogP contribution in [0.25, 0.3) is 16.8 Å². The highest BCUT2D eigenvalue weighted by atomic mass is 19.3. The van der Waals surface area contributed by atoms with Crippen LogP contribution in [-0.2, 0) is 6.42 Å². The van der Waals surface area contributed by atoms with Crippen LogP contribution in [0.1, 0.15) is 32.2 Å². The molecule has 0 aliphatic carbocycles. The quantitative estimate of drug-likeness (QED) is 0.380. The van der Waals surface area contributed by atoms with Crippen LogP contribution in [0.2, 0.25) is 0 Å². The summed E-state index contributed by atoms with van der Waals surface area (Å²) < 4.78 is 32.2. The number of amides is 1. The largest absolute Gasteiger partial charge is 0.465 e. The second-order valence-corrected chi connectivity index (χ2v) is 10.5. The van der Waals surface area contributed by atoms with Crippen molar-refractivity contribution in [1.82, 2.24) is 29.5 Å². The molecule has 0 bridgehead atoms. The fourth-order valence-corrected chi connectivity index (χ4v) is 4.83. The molecule has 10 nitrogen and oxygen atoms in total. The first kappa shape index (κ1) is 26.3. The van der Waals surface area contributed by atoms with Gasteiger partial charge in [0.05, 0.1) is 6.04 Å². The molecule has 1 aliphatic rings. The lowest BCUT2D eigenvalue weighted by atomic mass is 9.84. The number of halogens is 2. The number of piperazine rings is 1. The van der Waals surface area contributed by atoms with Crippen molar-refractivity contribution in [2.45, 2.75) is 39.8 Å². The number of para-hydroxylation sites is 1. The van der Waals surface area contributed by atoms with Gasteiger partial charge < -0.3 is 19.6 Å². The number of hydrogen-bond acceptors (Lipinski definition) is 7. The summed E-state index contributed by atoms with van der Waals surface area (Å²) in [4.78, 5) is 24.4. The summed E-state index contributed by atoms with van der Waals surface area (Å²) in [7, 11) is 0. The molecule has 1 fully saturated rings. The second kappa shape index (κ2) is 10.4. The zero-order valence-corrected chi connectivity index (χ0v) is 21.8. The van der Waals surface area contributed by atoms with Crippen LogP contribution in [0.4, 0.5) is 19.5 Å². The van der Waals surface area contributed by atoms with Crippen LogP contribution in [0.5, 0.6) is 5.75 Å². The molecule has 4 heterocycles. The Morgan fingerprint density at radius 3 is 2.51 bits per heavy atom. The van der Waals surface area contributed by atoms with E-state index in [1.807, 2.05) is 44.0 Å². The van der Waals surface area contributed by atoms with E-state index in [-0.39, 0.29) is 23.6 Å². The summed E-state index contributed by atoms with van der Waals surface area (Å²) in [5.74, 6) is 1.21. The Balaban J connectivity index is 1.37. The van der Waals surface area contributed by atoms with Gasteiger partial charge in [-0.15, -0.1) is 10.2 Å². The number of ether oxygens (including phenoxy) is 1. The van der Waals surface area contributed by atoms with Crippen LogP contribution < -0.4 is 9.64 Å². The molecule has 4 aromatic rings. The number of pyridine rings is 1. The first-order chi connectivity index (χ1) is 18.6. The normalized spacial score (nSPS) is 16.2. The minimum Gasteiger partial charge on any atom is -0.465 e. The first-order valence-electron chi connectivity index (χ1n) is 12.5. The molecular weight excluding hydrogens is 508 g/mol. The monoisotopic (exact) mass is 537 g/mol. The van der Waals surface area contributed by atoms with E-state index in [0.717, 1.165) is 11.1 Å². The van der Waals surface area contributed by atoms with Gasteiger partial charge in [-0.05, 0) is 23.6 Å². The summed E-state index contributed by atoms with van der Waals surface area (Å²) in [6.07, 6.45) is 4.66. The molecule has 1 amide bonds. The molecule has 1 saturated heterocycles. The standard InChI is InChI=1S/C27H29F2N7O3/c1-27(2,3)21-16-34(10-11-35(21)26(37)38)25-30-13-19(14-31-25)18-8-9-22-32-33-23(36(22)15-18)12-17-6-4-5-7-20(17)39-24(28)29/h4-9,13-15,21,24H,10-12,16H2,1-3H3,(H,37,38). The first-order valence-corrected chi connectivity index (χ1v) is 12.5. The molecule has 0 saturated carbocycles. The molecular formula is C27H29F2N7O3. The SMILES string of the molecule is CC(C)(C)C1CN(c2ncc(-c3ccc4nnc(Cc5ccccc5OC(F)F)n4c3)cn2)CCN1C(=O)O.